The maximum absolute atomic E-state index is 13.8. The lowest BCUT2D eigenvalue weighted by Gasteiger charge is -2.17. The van der Waals surface area contributed by atoms with E-state index in [0.29, 0.717) is 5.69 Å². The quantitative estimate of drug-likeness (QED) is 0.738. The van der Waals surface area contributed by atoms with Crippen LogP contribution in [0.3, 0.4) is 0 Å². The Labute approximate surface area is 146 Å². The second-order valence-corrected chi connectivity index (χ2v) is 6.12. The van der Waals surface area contributed by atoms with E-state index in [-0.39, 0.29) is 25.1 Å². The Hall–Kier alpha value is -2.40. The van der Waals surface area contributed by atoms with E-state index >= 15 is 0 Å². The molecule has 3 heterocycles. The third-order valence-electron chi connectivity index (χ3n) is 4.24. The number of hydrogen-bond acceptors (Lipinski definition) is 6. The molecule has 1 saturated heterocycles. The first-order chi connectivity index (χ1) is 12.4. The van der Waals surface area contributed by atoms with Gasteiger partial charge in [-0.1, -0.05) is 5.21 Å². The van der Waals surface area contributed by atoms with Crippen LogP contribution in [-0.4, -0.2) is 54.8 Å². The molecular formula is C15H19F2N5O4. The van der Waals surface area contributed by atoms with Crippen molar-refractivity contribution in [1.29, 1.82) is 0 Å². The third kappa shape index (κ3) is 3.44. The van der Waals surface area contributed by atoms with Crippen LogP contribution in [0.2, 0.25) is 0 Å². The zero-order valence-electron chi connectivity index (χ0n) is 14.1. The highest BCUT2D eigenvalue weighted by molar-refractivity contribution is 5.06. The molecule has 0 amide bonds. The molecule has 2 aromatic heterocycles. The van der Waals surface area contributed by atoms with Gasteiger partial charge in [0.25, 0.3) is 5.56 Å². The van der Waals surface area contributed by atoms with Crippen molar-refractivity contribution in [1.82, 2.24) is 24.1 Å². The Balaban J connectivity index is 1.94. The molecule has 0 radical (unpaired) electrons. The van der Waals surface area contributed by atoms with Crippen LogP contribution >= 0.6 is 0 Å². The summed E-state index contributed by atoms with van der Waals surface area (Å²) in [6.45, 7) is 0.287. The molecule has 0 spiro atoms. The van der Waals surface area contributed by atoms with Gasteiger partial charge in [-0.3, -0.25) is 13.9 Å². The Morgan fingerprint density at radius 2 is 2.15 bits per heavy atom. The highest BCUT2D eigenvalue weighted by Gasteiger charge is 2.36. The van der Waals surface area contributed by atoms with Crippen LogP contribution in [0.15, 0.2) is 22.0 Å². The monoisotopic (exact) mass is 370 g/mol. The largest absolute Gasteiger partial charge is 0.394 e. The molecule has 3 rings (SSSR count). The fraction of sp³-hybridized carbons (Fsp3) is 0.600. The fourth-order valence-corrected chi connectivity index (χ4v) is 2.90. The van der Waals surface area contributed by atoms with Crippen LogP contribution in [0, 0.1) is 6.92 Å². The molecule has 26 heavy (non-hydrogen) atoms. The number of aromatic nitrogens is 5. The standard InChI is InChI=1S/C15H19F2N5O4/c1-9-5-21(13-4-11(17)12(8-23)26-13)15(25)22(14(9)24)7-10-6-20(3-2-16)19-18-10/h5-6,11-13,23H,2-4,7-8H2,1H3/t11-,12+,13+/m0/s1/i16-1. The highest BCUT2D eigenvalue weighted by Crippen LogP contribution is 2.29. The summed E-state index contributed by atoms with van der Waals surface area (Å²) in [6.07, 6.45) is -0.661. The van der Waals surface area contributed by atoms with Gasteiger partial charge in [0, 0.05) is 18.2 Å². The Kier molecular flexibility index (Phi) is 5.28. The van der Waals surface area contributed by atoms with E-state index < -0.39 is 43.0 Å². The lowest BCUT2D eigenvalue weighted by Crippen LogP contribution is -2.42. The first kappa shape index (κ1) is 18.4. The number of aliphatic hydroxyl groups excluding tert-OH is 1. The molecule has 9 nitrogen and oxygen atoms in total. The van der Waals surface area contributed by atoms with Crippen LogP contribution in [0.4, 0.5) is 8.78 Å². The summed E-state index contributed by atoms with van der Waals surface area (Å²) < 4.78 is 34.9. The van der Waals surface area contributed by atoms with Crippen LogP contribution in [-0.2, 0) is 17.8 Å². The molecule has 11 heteroatoms. The Morgan fingerprint density at radius 1 is 1.38 bits per heavy atom. The second kappa shape index (κ2) is 7.46. The molecule has 142 valence electrons. The minimum absolute atomic E-state index is 0.0241. The van der Waals surface area contributed by atoms with Gasteiger partial charge < -0.3 is 9.84 Å². The second-order valence-electron chi connectivity index (χ2n) is 6.12. The number of aliphatic hydroxyl groups is 1. The Morgan fingerprint density at radius 3 is 2.81 bits per heavy atom. The van der Waals surface area contributed by atoms with Crippen molar-refractivity contribution < 1.29 is 18.6 Å². The summed E-state index contributed by atoms with van der Waals surface area (Å²) in [4.78, 5) is 25.1. The van der Waals surface area contributed by atoms with Gasteiger partial charge in [0.05, 0.1) is 25.9 Å². The summed E-state index contributed by atoms with van der Waals surface area (Å²) in [5.74, 6) is 0. The van der Waals surface area contributed by atoms with Gasteiger partial charge in [0.2, 0.25) is 0 Å². The fourth-order valence-electron chi connectivity index (χ4n) is 2.90. The van der Waals surface area contributed by atoms with Crippen molar-refractivity contribution in [2.24, 2.45) is 0 Å². The average Bonchev–Trinajstić information content (AvgIpc) is 3.21. The van der Waals surface area contributed by atoms with Gasteiger partial charge >= 0.3 is 5.69 Å². The first-order valence-electron chi connectivity index (χ1n) is 8.12. The number of ether oxygens (including phenoxy) is 1. The SMILES string of the molecule is Cc1cn([C@H]2C[C@H](F)[C@@H](CO)O2)c(=O)n(Cc2cn(CC[18F])nn2)c1=O. The summed E-state index contributed by atoms with van der Waals surface area (Å²) in [6, 6.07) is 0. The Bertz CT molecular complexity index is 893. The molecule has 0 aromatic carbocycles. The van der Waals surface area contributed by atoms with Crippen LogP contribution in [0.5, 0.6) is 0 Å². The molecule has 0 saturated carbocycles. The van der Waals surface area contributed by atoms with Crippen molar-refractivity contribution in [3.05, 3.63) is 44.5 Å². The molecule has 3 atom stereocenters. The van der Waals surface area contributed by atoms with Gasteiger partial charge in [0.1, 0.15) is 30.9 Å². The number of aryl methyl sites for hydroxylation is 2. The van der Waals surface area contributed by atoms with Crippen LogP contribution in [0.1, 0.15) is 23.9 Å². The van der Waals surface area contributed by atoms with E-state index in [1.807, 2.05) is 0 Å². The number of halogens is 2. The smallest absolute Gasteiger partial charge is 0.333 e. The van der Waals surface area contributed by atoms with E-state index in [0.717, 1.165) is 9.13 Å². The topological polar surface area (TPSA) is 104 Å². The van der Waals surface area contributed by atoms with Crippen molar-refractivity contribution >= 4 is 0 Å². The predicted octanol–water partition coefficient (Wildman–Crippen LogP) is -0.454. The van der Waals surface area contributed by atoms with Crippen LogP contribution in [0.25, 0.3) is 0 Å². The molecule has 1 N–H and O–H groups in total. The zero-order valence-corrected chi connectivity index (χ0v) is 14.1. The molecule has 0 unspecified atom stereocenters. The first-order valence-corrected chi connectivity index (χ1v) is 8.12. The summed E-state index contributed by atoms with van der Waals surface area (Å²) in [5.41, 5.74) is -0.609. The number of rotatable bonds is 6. The lowest BCUT2D eigenvalue weighted by atomic mass is 10.2. The van der Waals surface area contributed by atoms with Gasteiger partial charge in [0.15, 0.2) is 0 Å². The number of alkyl halides is 2. The summed E-state index contributed by atoms with van der Waals surface area (Å²) in [5, 5.41) is 16.6. The number of hydrogen-bond donors (Lipinski definition) is 1. The van der Waals surface area contributed by atoms with E-state index in [9.17, 15) is 18.4 Å². The maximum Gasteiger partial charge on any atom is 0.333 e. The minimum atomic E-state index is -1.40. The maximum atomic E-state index is 13.8. The van der Waals surface area contributed by atoms with Crippen LogP contribution < -0.4 is 11.2 Å². The molecular weight excluding hydrogens is 351 g/mol. The molecule has 1 fully saturated rings. The molecule has 1 aliphatic rings. The van der Waals surface area contributed by atoms with Gasteiger partial charge in [-0.15, -0.1) is 5.10 Å². The van der Waals surface area contributed by atoms with Crippen molar-refractivity contribution in [3.8, 4) is 0 Å². The van der Waals surface area contributed by atoms with E-state index in [1.165, 1.54) is 24.0 Å². The van der Waals surface area contributed by atoms with E-state index in [4.69, 9.17) is 9.84 Å². The molecule has 0 aliphatic carbocycles. The lowest BCUT2D eigenvalue weighted by molar-refractivity contribution is -0.0361. The van der Waals surface area contributed by atoms with Crippen molar-refractivity contribution in [2.75, 3.05) is 13.3 Å². The predicted molar refractivity (Wildman–Crippen MR) is 85.3 cm³/mol. The average molecular weight is 370 g/mol. The minimum Gasteiger partial charge on any atom is -0.394 e. The highest BCUT2D eigenvalue weighted by atomic mass is 19.1. The van der Waals surface area contributed by atoms with Gasteiger partial charge in [-0.05, 0) is 6.92 Å². The zero-order chi connectivity index (χ0) is 18.8. The van der Waals surface area contributed by atoms with Crippen molar-refractivity contribution in [3.63, 3.8) is 0 Å². The van der Waals surface area contributed by atoms with Gasteiger partial charge in [-0.25, -0.2) is 18.3 Å². The molecule has 1 aliphatic heterocycles. The van der Waals surface area contributed by atoms with Gasteiger partial charge in [-0.2, -0.15) is 0 Å². The summed E-state index contributed by atoms with van der Waals surface area (Å²) in [7, 11) is 0. The van der Waals surface area contributed by atoms with Crippen molar-refractivity contribution in [2.45, 2.75) is 44.9 Å². The van der Waals surface area contributed by atoms with E-state index in [1.54, 1.807) is 0 Å². The number of nitrogens with zero attached hydrogens (tertiary/aromatic N) is 5. The summed E-state index contributed by atoms with van der Waals surface area (Å²) >= 11 is 0. The molecule has 2 aromatic rings. The van der Waals surface area contributed by atoms with E-state index in [2.05, 4.69) is 10.3 Å². The third-order valence-corrected chi connectivity index (χ3v) is 4.24. The normalized spacial score (nSPS) is 22.8. The molecule has 0 bridgehead atoms.